The maximum absolute atomic E-state index is 12.8. The number of nitrogens with zero attached hydrogens (tertiary/aromatic N) is 1. The molecule has 1 aliphatic heterocycles. The van der Waals surface area contributed by atoms with E-state index < -0.39 is 0 Å². The van der Waals surface area contributed by atoms with Gasteiger partial charge in [-0.2, -0.15) is 0 Å². The number of rotatable bonds is 6. The van der Waals surface area contributed by atoms with Crippen LogP contribution in [-0.4, -0.2) is 37.0 Å². The first-order valence-corrected chi connectivity index (χ1v) is 7.83. The summed E-state index contributed by atoms with van der Waals surface area (Å²) in [6, 6.07) is 8.42. The van der Waals surface area contributed by atoms with Crippen LogP contribution in [0.1, 0.15) is 25.3 Å². The molecule has 1 saturated carbocycles. The van der Waals surface area contributed by atoms with Crippen molar-refractivity contribution in [3.8, 4) is 5.75 Å². The first-order valence-electron chi connectivity index (χ1n) is 7.83. The van der Waals surface area contributed by atoms with E-state index in [1.165, 1.54) is 0 Å². The molecule has 2 aliphatic rings. The topological polar surface area (TPSA) is 41.6 Å². The Labute approximate surface area is 138 Å². The summed E-state index contributed by atoms with van der Waals surface area (Å²) >= 11 is 0. The number of carbonyl (C=O) groups excluding carboxylic acids is 1. The third-order valence-electron chi connectivity index (χ3n) is 4.71. The summed E-state index contributed by atoms with van der Waals surface area (Å²) in [5, 5.41) is 3.26. The Balaban J connectivity index is 0.00000176. The van der Waals surface area contributed by atoms with E-state index >= 15 is 0 Å². The van der Waals surface area contributed by atoms with Crippen molar-refractivity contribution in [3.05, 3.63) is 29.8 Å². The van der Waals surface area contributed by atoms with E-state index in [2.05, 4.69) is 23.2 Å². The number of hydrogen-bond acceptors (Lipinski definition) is 3. The number of amides is 1. The summed E-state index contributed by atoms with van der Waals surface area (Å²) < 4.78 is 5.42. The standard InChI is InChI=1S/C17H24N2O2.ClH/c1-12(14-9-18-10-14)17(20)19(15-7-8-15)11-13-5-3-4-6-16(13)21-2;/h3-6,12,14-15,18H,7-11H2,1-2H3;1H. The van der Waals surface area contributed by atoms with Crippen LogP contribution in [-0.2, 0) is 11.3 Å². The molecule has 1 heterocycles. The molecule has 1 unspecified atom stereocenters. The highest BCUT2D eigenvalue weighted by Crippen LogP contribution is 2.33. The fourth-order valence-corrected chi connectivity index (χ4v) is 2.92. The highest BCUT2D eigenvalue weighted by atomic mass is 35.5. The van der Waals surface area contributed by atoms with E-state index in [-0.39, 0.29) is 18.3 Å². The Morgan fingerprint density at radius 3 is 2.59 bits per heavy atom. The van der Waals surface area contributed by atoms with Gasteiger partial charge in [0.05, 0.1) is 7.11 Å². The summed E-state index contributed by atoms with van der Waals surface area (Å²) in [6.45, 7) is 4.68. The van der Waals surface area contributed by atoms with E-state index in [4.69, 9.17) is 4.74 Å². The highest BCUT2D eigenvalue weighted by molar-refractivity contribution is 5.85. The second-order valence-corrected chi connectivity index (χ2v) is 6.22. The average Bonchev–Trinajstić information content (AvgIpc) is 3.27. The van der Waals surface area contributed by atoms with E-state index in [1.54, 1.807) is 7.11 Å². The molecule has 1 amide bonds. The van der Waals surface area contributed by atoms with E-state index in [9.17, 15) is 4.79 Å². The Kier molecular flexibility index (Phi) is 5.70. The SMILES string of the molecule is COc1ccccc1CN(C(=O)C(C)C1CNC1)C1CC1.Cl. The van der Waals surface area contributed by atoms with Gasteiger partial charge < -0.3 is 15.0 Å². The van der Waals surface area contributed by atoms with Crippen LogP contribution >= 0.6 is 12.4 Å². The number of hydrogen-bond donors (Lipinski definition) is 1. The number of halogens is 1. The van der Waals surface area contributed by atoms with Gasteiger partial charge in [-0.3, -0.25) is 4.79 Å². The van der Waals surface area contributed by atoms with Gasteiger partial charge in [-0.1, -0.05) is 25.1 Å². The van der Waals surface area contributed by atoms with Gasteiger partial charge in [-0.25, -0.2) is 0 Å². The van der Waals surface area contributed by atoms with Crippen LogP contribution in [0.5, 0.6) is 5.75 Å². The minimum atomic E-state index is 0. The number of carbonyl (C=O) groups is 1. The average molecular weight is 325 g/mol. The molecule has 4 nitrogen and oxygen atoms in total. The van der Waals surface area contributed by atoms with Crippen molar-refractivity contribution in [1.82, 2.24) is 10.2 Å². The second kappa shape index (κ2) is 7.34. The first kappa shape index (κ1) is 17.1. The maximum atomic E-state index is 12.8. The zero-order chi connectivity index (χ0) is 14.8. The summed E-state index contributed by atoms with van der Waals surface area (Å²) in [4.78, 5) is 14.9. The lowest BCUT2D eigenvalue weighted by molar-refractivity contribution is -0.138. The summed E-state index contributed by atoms with van der Waals surface area (Å²) in [6.07, 6.45) is 2.27. The normalized spacial score (nSPS) is 18.8. The zero-order valence-electron chi connectivity index (χ0n) is 13.2. The fraction of sp³-hybridized carbons (Fsp3) is 0.588. The Hall–Kier alpha value is -1.26. The molecule has 1 aliphatic carbocycles. The predicted molar refractivity (Wildman–Crippen MR) is 89.3 cm³/mol. The van der Waals surface area contributed by atoms with Crippen LogP contribution in [0.25, 0.3) is 0 Å². The molecule has 0 bridgehead atoms. The summed E-state index contributed by atoms with van der Waals surface area (Å²) in [5.41, 5.74) is 1.10. The van der Waals surface area contributed by atoms with Crippen molar-refractivity contribution in [1.29, 1.82) is 0 Å². The van der Waals surface area contributed by atoms with Gasteiger partial charge in [0.2, 0.25) is 5.91 Å². The van der Waals surface area contributed by atoms with Gasteiger partial charge in [0.15, 0.2) is 0 Å². The lowest BCUT2D eigenvalue weighted by Crippen LogP contribution is -2.50. The second-order valence-electron chi connectivity index (χ2n) is 6.22. The van der Waals surface area contributed by atoms with Crippen molar-refractivity contribution < 1.29 is 9.53 Å². The molecule has 5 heteroatoms. The Morgan fingerprint density at radius 1 is 1.36 bits per heavy atom. The van der Waals surface area contributed by atoms with Crippen molar-refractivity contribution >= 4 is 18.3 Å². The predicted octanol–water partition coefficient (Wildman–Crippen LogP) is 2.46. The monoisotopic (exact) mass is 324 g/mol. The highest BCUT2D eigenvalue weighted by Gasteiger charge is 2.38. The van der Waals surface area contributed by atoms with Crippen molar-refractivity contribution in [2.24, 2.45) is 11.8 Å². The summed E-state index contributed by atoms with van der Waals surface area (Å²) in [7, 11) is 1.69. The number of nitrogens with one attached hydrogen (secondary N) is 1. The van der Waals surface area contributed by atoms with Crippen LogP contribution in [0.3, 0.4) is 0 Å². The van der Waals surface area contributed by atoms with Gasteiger partial charge in [-0.15, -0.1) is 12.4 Å². The van der Waals surface area contributed by atoms with Crippen LogP contribution in [0.4, 0.5) is 0 Å². The molecular formula is C17H25ClN2O2. The molecule has 0 spiro atoms. The smallest absolute Gasteiger partial charge is 0.226 e. The Bertz CT molecular complexity index is 515. The fourth-order valence-electron chi connectivity index (χ4n) is 2.92. The van der Waals surface area contributed by atoms with E-state index in [0.29, 0.717) is 24.4 Å². The molecule has 22 heavy (non-hydrogen) atoms. The Morgan fingerprint density at radius 2 is 2.05 bits per heavy atom. The largest absolute Gasteiger partial charge is 0.496 e. The summed E-state index contributed by atoms with van der Waals surface area (Å²) in [5.74, 6) is 1.78. The first-order chi connectivity index (χ1) is 10.2. The zero-order valence-corrected chi connectivity index (χ0v) is 14.1. The minimum Gasteiger partial charge on any atom is -0.496 e. The molecule has 0 radical (unpaired) electrons. The lowest BCUT2D eigenvalue weighted by atomic mass is 9.87. The quantitative estimate of drug-likeness (QED) is 0.874. The molecule has 2 fully saturated rings. The molecule has 1 aromatic carbocycles. The molecule has 122 valence electrons. The van der Waals surface area contributed by atoms with Crippen LogP contribution in [0, 0.1) is 11.8 Å². The van der Waals surface area contributed by atoms with Gasteiger partial charge in [0.25, 0.3) is 0 Å². The van der Waals surface area contributed by atoms with Crippen molar-refractivity contribution in [2.45, 2.75) is 32.4 Å². The number of para-hydroxylation sites is 1. The molecule has 1 N–H and O–H groups in total. The maximum Gasteiger partial charge on any atom is 0.226 e. The van der Waals surface area contributed by atoms with Crippen molar-refractivity contribution in [3.63, 3.8) is 0 Å². The van der Waals surface area contributed by atoms with E-state index in [0.717, 1.165) is 37.2 Å². The molecule has 3 rings (SSSR count). The van der Waals surface area contributed by atoms with E-state index in [1.807, 2.05) is 18.2 Å². The molecule has 0 aromatic heterocycles. The number of ether oxygens (including phenoxy) is 1. The molecule has 1 atom stereocenters. The van der Waals surface area contributed by atoms with Crippen LogP contribution < -0.4 is 10.1 Å². The molecular weight excluding hydrogens is 300 g/mol. The lowest BCUT2D eigenvalue weighted by Gasteiger charge is -2.35. The van der Waals surface area contributed by atoms with Gasteiger partial charge in [0, 0.05) is 24.1 Å². The number of methoxy groups -OCH3 is 1. The molecule has 1 saturated heterocycles. The number of benzene rings is 1. The third-order valence-corrected chi connectivity index (χ3v) is 4.71. The van der Waals surface area contributed by atoms with Gasteiger partial charge in [-0.05, 0) is 37.9 Å². The van der Waals surface area contributed by atoms with Gasteiger partial charge in [0.1, 0.15) is 5.75 Å². The third kappa shape index (κ3) is 3.55. The minimum absolute atomic E-state index is 0. The van der Waals surface area contributed by atoms with Crippen LogP contribution in [0.2, 0.25) is 0 Å². The van der Waals surface area contributed by atoms with Crippen molar-refractivity contribution in [2.75, 3.05) is 20.2 Å². The van der Waals surface area contributed by atoms with Crippen LogP contribution in [0.15, 0.2) is 24.3 Å². The molecule has 1 aromatic rings. The van der Waals surface area contributed by atoms with Gasteiger partial charge >= 0.3 is 0 Å².